The summed E-state index contributed by atoms with van der Waals surface area (Å²) in [4.78, 5) is 5.51. The molecular formula is C110H84BN5. The normalized spacial score (nSPS) is 13.2. The highest BCUT2D eigenvalue weighted by atomic mass is 15.2. The lowest BCUT2D eigenvalue weighted by atomic mass is 9.33. The largest absolute Gasteiger partial charge is 0.310 e. The Bertz CT molecular complexity index is 7390. The van der Waals surface area contributed by atoms with Crippen LogP contribution < -0.4 is 26.2 Å². The van der Waals surface area contributed by atoms with E-state index < -0.39 is 0 Å². The second-order valence-electron chi connectivity index (χ2n) is 35.6. The number of fused-ring (bicyclic) bond motifs is 11. The predicted molar refractivity (Wildman–Crippen MR) is 496 cm³/mol. The van der Waals surface area contributed by atoms with Gasteiger partial charge in [-0.1, -0.05) is 329 Å². The Balaban J connectivity index is 0.914. The van der Waals surface area contributed by atoms with Gasteiger partial charge in [-0.25, -0.2) is 0 Å². The van der Waals surface area contributed by atoms with Gasteiger partial charge in [0, 0.05) is 83.1 Å². The van der Waals surface area contributed by atoms with Crippen molar-refractivity contribution in [2.24, 2.45) is 0 Å². The molecule has 0 saturated carbocycles. The lowest BCUT2D eigenvalue weighted by molar-refractivity contribution is 0.590. The molecule has 0 bridgehead atoms. The van der Waals surface area contributed by atoms with Crippen LogP contribution in [0.4, 0.5) is 34.1 Å². The Morgan fingerprint density at radius 3 is 1.02 bits per heavy atom. The highest BCUT2D eigenvalue weighted by Crippen LogP contribution is 2.57. The van der Waals surface area contributed by atoms with Gasteiger partial charge in [-0.3, -0.25) is 0 Å². The Hall–Kier alpha value is -13.7. The predicted octanol–water partition coefficient (Wildman–Crippen LogP) is 28.0. The zero-order valence-corrected chi connectivity index (χ0v) is 66.7. The zero-order chi connectivity index (χ0) is 77.9. The number of nitrogens with zero attached hydrogens (tertiary/aromatic N) is 5. The van der Waals surface area contributed by atoms with Gasteiger partial charge in [0.15, 0.2) is 0 Å². The fourth-order valence-electron chi connectivity index (χ4n) is 20.3. The highest BCUT2D eigenvalue weighted by Gasteiger charge is 2.46. The van der Waals surface area contributed by atoms with Crippen LogP contribution in [0.3, 0.4) is 0 Å². The van der Waals surface area contributed by atoms with Crippen molar-refractivity contribution in [3.05, 3.63) is 362 Å². The summed E-state index contributed by atoms with van der Waals surface area (Å²) in [5.74, 6) is 0. The third kappa shape index (κ3) is 10.0. The molecule has 0 radical (unpaired) electrons. The van der Waals surface area contributed by atoms with E-state index in [2.05, 4.69) is 432 Å². The van der Waals surface area contributed by atoms with Crippen molar-refractivity contribution in [1.82, 2.24) is 13.7 Å². The van der Waals surface area contributed by atoms with Crippen LogP contribution in [0.15, 0.2) is 346 Å². The minimum Gasteiger partial charge on any atom is -0.310 e. The summed E-state index contributed by atoms with van der Waals surface area (Å²) in [6, 6.07) is 133. The van der Waals surface area contributed by atoms with E-state index in [1.807, 2.05) is 0 Å². The molecule has 552 valence electrons. The Morgan fingerprint density at radius 2 is 0.586 bits per heavy atom. The Morgan fingerprint density at radius 1 is 0.224 bits per heavy atom. The van der Waals surface area contributed by atoms with E-state index in [-0.39, 0.29) is 23.0 Å². The fourth-order valence-corrected chi connectivity index (χ4v) is 20.3. The average Bonchev–Trinajstić information content (AvgIpc) is 1.26. The third-order valence-electron chi connectivity index (χ3n) is 25.7. The highest BCUT2D eigenvalue weighted by molar-refractivity contribution is 7.00. The van der Waals surface area contributed by atoms with E-state index in [4.69, 9.17) is 0 Å². The standard InChI is InChI=1S/C110H84BN5/c1-108(2,3)74-35-21-32-70(60-74)79-42-26-43-80(71-33-22-36-75(61-71)109(4,5)6)106(79)115-97-65-77(112-90-47-17-13-38-82(90)83-39-14-18-48-91(83)112)54-56-88(97)111-89-57-55-78(113-92-49-19-15-40-84(92)85-41-16-20-50-93(85)113)66-98(89)116(100-64-73(63-99(115)105(100)111)67-28-11-10-12-29-67)107-81(72-34-23-37-76(62-72)110(7,8)9)44-27-51-96(107)114-94-58-52-68-30-24-45-86-87-46-25-31-69-53-59-95(114)104(102(69)87)103(94)101(68)86/h10-66H,1-9H3. The molecule has 0 amide bonds. The van der Waals surface area contributed by atoms with Crippen molar-refractivity contribution < 1.29 is 0 Å². The van der Waals surface area contributed by atoms with Gasteiger partial charge in [0.25, 0.3) is 6.71 Å². The summed E-state index contributed by atoms with van der Waals surface area (Å²) in [5, 5.41) is 15.1. The fraction of sp³-hybridized carbons (Fsp3) is 0.109. The SMILES string of the molecule is CC(C)(C)c1cccc(-c2cccc(-c3cccc(C(C)(C)C)c3)c2N2c3cc(-n4c5ccccc5c5ccccc54)ccc3B3c4ccc(-n5c6ccccc6c6ccccc65)cc4N(c4c(-c5cccc(C(C)(C)C)c5)cccc4-n4c5ccc6cccc7c8cccc9ccc4c(c98)c5c67)c4cc(-c5ccccc5)cc2c43)c1. The summed E-state index contributed by atoms with van der Waals surface area (Å²) < 4.78 is 7.69. The molecule has 0 N–H and O–H groups in total. The molecule has 2 aliphatic heterocycles. The number of hydrogen-bond acceptors (Lipinski definition) is 2. The minimum atomic E-state index is -0.303. The topological polar surface area (TPSA) is 21.3 Å². The summed E-state index contributed by atoms with van der Waals surface area (Å²) in [7, 11) is 0. The van der Waals surface area contributed by atoms with Crippen LogP contribution in [0.5, 0.6) is 0 Å². The van der Waals surface area contributed by atoms with Gasteiger partial charge < -0.3 is 23.5 Å². The second kappa shape index (κ2) is 24.9. The molecule has 0 saturated heterocycles. The van der Waals surface area contributed by atoms with Gasteiger partial charge in [0.05, 0.1) is 50.2 Å². The first kappa shape index (κ1) is 68.0. The number of rotatable bonds is 9. The van der Waals surface area contributed by atoms with Crippen molar-refractivity contribution in [2.75, 3.05) is 9.80 Å². The molecule has 5 heterocycles. The molecule has 6 heteroatoms. The van der Waals surface area contributed by atoms with Gasteiger partial charge in [0.2, 0.25) is 0 Å². The maximum atomic E-state index is 2.77. The maximum Gasteiger partial charge on any atom is 0.252 e. The average molecular weight is 1490 g/mol. The van der Waals surface area contributed by atoms with Crippen molar-refractivity contribution in [3.63, 3.8) is 0 Å². The number of aromatic nitrogens is 3. The van der Waals surface area contributed by atoms with Crippen LogP contribution in [0.25, 0.3) is 159 Å². The molecule has 2 aliphatic rings. The summed E-state index contributed by atoms with van der Waals surface area (Å²) >= 11 is 0. The first-order valence-electron chi connectivity index (χ1n) is 41.1. The number of anilines is 6. The van der Waals surface area contributed by atoms with Gasteiger partial charge in [-0.15, -0.1) is 0 Å². The second-order valence-corrected chi connectivity index (χ2v) is 35.6. The molecule has 18 aromatic carbocycles. The van der Waals surface area contributed by atoms with Gasteiger partial charge in [0.1, 0.15) is 0 Å². The van der Waals surface area contributed by atoms with Crippen LogP contribution in [0.2, 0.25) is 0 Å². The van der Waals surface area contributed by atoms with E-state index in [0.717, 1.165) is 118 Å². The summed E-state index contributed by atoms with van der Waals surface area (Å²) in [5.41, 5.74) is 33.0. The Labute approximate surface area is 676 Å². The lowest BCUT2D eigenvalue weighted by Gasteiger charge is -2.46. The minimum absolute atomic E-state index is 0.135. The zero-order valence-electron chi connectivity index (χ0n) is 66.7. The van der Waals surface area contributed by atoms with Crippen molar-refractivity contribution in [1.29, 1.82) is 0 Å². The molecule has 23 rings (SSSR count). The van der Waals surface area contributed by atoms with Crippen molar-refractivity contribution in [3.8, 4) is 61.6 Å². The number of para-hydroxylation sites is 6. The van der Waals surface area contributed by atoms with Crippen LogP contribution in [0.1, 0.15) is 79.0 Å². The molecule has 0 spiro atoms. The van der Waals surface area contributed by atoms with E-state index in [9.17, 15) is 0 Å². The summed E-state index contributed by atoms with van der Waals surface area (Å²) in [6.07, 6.45) is 0. The first-order chi connectivity index (χ1) is 56.5. The summed E-state index contributed by atoms with van der Waals surface area (Å²) in [6.45, 7) is 20.8. The molecule has 0 atom stereocenters. The number of hydrogen-bond donors (Lipinski definition) is 0. The molecule has 0 fully saturated rings. The smallest absolute Gasteiger partial charge is 0.252 e. The van der Waals surface area contributed by atoms with Crippen molar-refractivity contribution in [2.45, 2.75) is 78.6 Å². The van der Waals surface area contributed by atoms with Crippen molar-refractivity contribution >= 4 is 155 Å². The van der Waals surface area contributed by atoms with E-state index >= 15 is 0 Å². The third-order valence-corrected chi connectivity index (χ3v) is 25.7. The number of benzene rings is 18. The molecule has 0 aliphatic carbocycles. The lowest BCUT2D eigenvalue weighted by Crippen LogP contribution is -2.61. The van der Waals surface area contributed by atoms with Gasteiger partial charge >= 0.3 is 0 Å². The first-order valence-corrected chi connectivity index (χ1v) is 41.1. The molecule has 116 heavy (non-hydrogen) atoms. The van der Waals surface area contributed by atoms with Crippen LogP contribution in [-0.4, -0.2) is 20.4 Å². The van der Waals surface area contributed by atoms with Crippen LogP contribution in [0, 0.1) is 0 Å². The van der Waals surface area contributed by atoms with E-state index in [0.29, 0.717) is 0 Å². The molecule has 5 nitrogen and oxygen atoms in total. The molecule has 3 aromatic heterocycles. The maximum absolute atomic E-state index is 2.77. The van der Waals surface area contributed by atoms with Gasteiger partial charge in [-0.2, -0.15) is 0 Å². The monoisotopic (exact) mass is 1490 g/mol. The van der Waals surface area contributed by atoms with Crippen LogP contribution >= 0.6 is 0 Å². The van der Waals surface area contributed by atoms with E-state index in [1.165, 1.54) is 109 Å². The molecule has 21 aromatic rings. The van der Waals surface area contributed by atoms with E-state index in [1.54, 1.807) is 0 Å². The molecular weight excluding hydrogens is 1400 g/mol. The quantitative estimate of drug-likeness (QED) is 0.0816. The Kier molecular flexibility index (Phi) is 14.6. The van der Waals surface area contributed by atoms with Gasteiger partial charge in [-0.05, 0) is 188 Å². The molecule has 0 unspecified atom stereocenters. The van der Waals surface area contributed by atoms with Crippen LogP contribution in [-0.2, 0) is 16.2 Å².